The number of carbonyl (C=O) groups excluding carboxylic acids is 1. The first-order valence-electron chi connectivity index (χ1n) is 6.96. The topological polar surface area (TPSA) is 78.9 Å². The molecule has 0 unspecified atom stereocenters. The summed E-state index contributed by atoms with van der Waals surface area (Å²) in [7, 11) is 1.76. The Kier molecular flexibility index (Phi) is 6.52. The van der Waals surface area contributed by atoms with Crippen molar-refractivity contribution in [1.82, 2.24) is 4.90 Å². The van der Waals surface area contributed by atoms with Crippen LogP contribution in [0.4, 0.5) is 10.5 Å². The van der Waals surface area contributed by atoms with Crippen molar-refractivity contribution in [2.45, 2.75) is 32.7 Å². The van der Waals surface area contributed by atoms with Crippen molar-refractivity contribution in [2.24, 2.45) is 0 Å². The number of hydrogen-bond acceptors (Lipinski definition) is 3. The molecule has 1 aromatic carbocycles. The summed E-state index contributed by atoms with van der Waals surface area (Å²) in [6.45, 7) is 3.67. The SMILES string of the molecule is CCC(CC)N(C)C(=O)Nc1cccc(OCC(=O)O)c1. The fourth-order valence-corrected chi connectivity index (χ4v) is 2.02. The van der Waals surface area contributed by atoms with Crippen LogP contribution in [0.2, 0.25) is 0 Å². The first-order chi connectivity index (χ1) is 9.97. The van der Waals surface area contributed by atoms with Gasteiger partial charge in [-0.3, -0.25) is 0 Å². The number of carboxylic acid groups (broad SMARTS) is 1. The van der Waals surface area contributed by atoms with Crippen LogP contribution in [0, 0.1) is 0 Å². The predicted octanol–water partition coefficient (Wildman–Crippen LogP) is 2.80. The summed E-state index contributed by atoms with van der Waals surface area (Å²) >= 11 is 0. The van der Waals surface area contributed by atoms with E-state index in [0.717, 1.165) is 12.8 Å². The molecule has 0 radical (unpaired) electrons. The lowest BCUT2D eigenvalue weighted by Gasteiger charge is -2.26. The van der Waals surface area contributed by atoms with Crippen LogP contribution in [0.3, 0.4) is 0 Å². The molecule has 0 aliphatic carbocycles. The third-order valence-electron chi connectivity index (χ3n) is 3.26. The summed E-state index contributed by atoms with van der Waals surface area (Å²) < 4.78 is 5.08. The Balaban J connectivity index is 2.67. The van der Waals surface area contributed by atoms with Gasteiger partial charge < -0.3 is 20.1 Å². The molecule has 1 rings (SSSR count). The van der Waals surface area contributed by atoms with Gasteiger partial charge in [-0.25, -0.2) is 9.59 Å². The summed E-state index contributed by atoms with van der Waals surface area (Å²) in [5, 5.41) is 11.4. The number of urea groups is 1. The molecular formula is C15H22N2O4. The zero-order valence-electron chi connectivity index (χ0n) is 12.6. The van der Waals surface area contributed by atoms with Gasteiger partial charge in [0, 0.05) is 24.8 Å². The Morgan fingerprint density at radius 3 is 2.57 bits per heavy atom. The van der Waals surface area contributed by atoms with Gasteiger partial charge in [0.15, 0.2) is 6.61 Å². The number of rotatable bonds is 7. The number of benzene rings is 1. The van der Waals surface area contributed by atoms with Crippen molar-refractivity contribution in [3.8, 4) is 5.75 Å². The van der Waals surface area contributed by atoms with Gasteiger partial charge in [0.1, 0.15) is 5.75 Å². The Bertz CT molecular complexity index is 486. The van der Waals surface area contributed by atoms with Crippen molar-refractivity contribution >= 4 is 17.7 Å². The minimum Gasteiger partial charge on any atom is -0.482 e. The maximum Gasteiger partial charge on any atom is 0.341 e. The van der Waals surface area contributed by atoms with Crippen LogP contribution < -0.4 is 10.1 Å². The van der Waals surface area contributed by atoms with Crippen molar-refractivity contribution in [3.05, 3.63) is 24.3 Å². The smallest absolute Gasteiger partial charge is 0.341 e. The van der Waals surface area contributed by atoms with E-state index in [0.29, 0.717) is 11.4 Å². The highest BCUT2D eigenvalue weighted by Crippen LogP contribution is 2.18. The largest absolute Gasteiger partial charge is 0.482 e. The van der Waals surface area contributed by atoms with Gasteiger partial charge in [-0.1, -0.05) is 19.9 Å². The summed E-state index contributed by atoms with van der Waals surface area (Å²) in [5.74, 6) is -0.640. The first-order valence-corrected chi connectivity index (χ1v) is 6.96. The fraction of sp³-hybridized carbons (Fsp3) is 0.467. The molecule has 0 atom stereocenters. The van der Waals surface area contributed by atoms with Gasteiger partial charge in [0.05, 0.1) is 0 Å². The summed E-state index contributed by atoms with van der Waals surface area (Å²) in [4.78, 5) is 24.3. The van der Waals surface area contributed by atoms with Gasteiger partial charge in [-0.2, -0.15) is 0 Å². The second kappa shape index (κ2) is 8.14. The van der Waals surface area contributed by atoms with Gasteiger partial charge in [-0.05, 0) is 25.0 Å². The highest BCUT2D eigenvalue weighted by atomic mass is 16.5. The minimum absolute atomic E-state index is 0.191. The van der Waals surface area contributed by atoms with E-state index in [1.54, 1.807) is 36.2 Å². The van der Waals surface area contributed by atoms with Crippen LogP contribution in [0.5, 0.6) is 5.75 Å². The molecule has 0 fully saturated rings. The lowest BCUT2D eigenvalue weighted by Crippen LogP contribution is -2.39. The van der Waals surface area contributed by atoms with Crippen molar-refractivity contribution in [1.29, 1.82) is 0 Å². The monoisotopic (exact) mass is 294 g/mol. The van der Waals surface area contributed by atoms with Gasteiger partial charge >= 0.3 is 12.0 Å². The number of anilines is 1. The van der Waals surface area contributed by atoms with Gasteiger partial charge in [0.25, 0.3) is 0 Å². The van der Waals surface area contributed by atoms with E-state index in [1.165, 1.54) is 0 Å². The normalized spacial score (nSPS) is 10.3. The summed E-state index contributed by atoms with van der Waals surface area (Å²) in [6.07, 6.45) is 1.78. The van der Waals surface area contributed by atoms with Crippen molar-refractivity contribution < 1.29 is 19.4 Å². The van der Waals surface area contributed by atoms with E-state index >= 15 is 0 Å². The molecule has 0 saturated carbocycles. The second-order valence-electron chi connectivity index (χ2n) is 4.72. The summed E-state index contributed by atoms with van der Waals surface area (Å²) in [6, 6.07) is 6.66. The molecule has 0 saturated heterocycles. The highest BCUT2D eigenvalue weighted by Gasteiger charge is 2.16. The number of hydrogen-bond donors (Lipinski definition) is 2. The number of aliphatic carboxylic acids is 1. The second-order valence-corrected chi connectivity index (χ2v) is 4.72. The number of ether oxygens (including phenoxy) is 1. The molecule has 0 spiro atoms. The Morgan fingerprint density at radius 2 is 2.00 bits per heavy atom. The Morgan fingerprint density at radius 1 is 1.33 bits per heavy atom. The molecule has 0 aromatic heterocycles. The van der Waals surface area contributed by atoms with Crippen LogP contribution >= 0.6 is 0 Å². The average Bonchev–Trinajstić information content (AvgIpc) is 2.46. The van der Waals surface area contributed by atoms with E-state index < -0.39 is 12.6 Å². The fourth-order valence-electron chi connectivity index (χ4n) is 2.02. The molecule has 2 N–H and O–H groups in total. The van der Waals surface area contributed by atoms with E-state index in [9.17, 15) is 9.59 Å². The number of nitrogens with one attached hydrogen (secondary N) is 1. The summed E-state index contributed by atoms with van der Waals surface area (Å²) in [5.41, 5.74) is 0.570. The van der Waals surface area contributed by atoms with Crippen molar-refractivity contribution in [2.75, 3.05) is 19.0 Å². The van der Waals surface area contributed by atoms with Crippen LogP contribution in [0.1, 0.15) is 26.7 Å². The number of nitrogens with zero attached hydrogens (tertiary/aromatic N) is 1. The number of carboxylic acids is 1. The molecule has 0 aliphatic heterocycles. The van der Waals surface area contributed by atoms with Crippen LogP contribution in [-0.4, -0.2) is 41.7 Å². The third kappa shape index (κ3) is 5.33. The van der Waals surface area contributed by atoms with Gasteiger partial charge in [0.2, 0.25) is 0 Å². The zero-order chi connectivity index (χ0) is 15.8. The molecule has 6 heteroatoms. The maximum atomic E-state index is 12.1. The lowest BCUT2D eigenvalue weighted by atomic mass is 10.1. The molecule has 1 aromatic rings. The Labute approximate surface area is 124 Å². The first kappa shape index (κ1) is 16.8. The zero-order valence-corrected chi connectivity index (χ0v) is 12.6. The quantitative estimate of drug-likeness (QED) is 0.810. The molecule has 6 nitrogen and oxygen atoms in total. The van der Waals surface area contributed by atoms with Crippen LogP contribution in [-0.2, 0) is 4.79 Å². The van der Waals surface area contributed by atoms with E-state index in [4.69, 9.17) is 9.84 Å². The molecule has 0 heterocycles. The van der Waals surface area contributed by atoms with E-state index in [1.807, 2.05) is 13.8 Å². The van der Waals surface area contributed by atoms with Crippen LogP contribution in [0.15, 0.2) is 24.3 Å². The Hall–Kier alpha value is -2.24. The average molecular weight is 294 g/mol. The molecule has 2 amide bonds. The number of carbonyl (C=O) groups is 2. The lowest BCUT2D eigenvalue weighted by molar-refractivity contribution is -0.139. The third-order valence-corrected chi connectivity index (χ3v) is 3.26. The minimum atomic E-state index is -1.04. The molecule has 116 valence electrons. The number of amides is 2. The predicted molar refractivity (Wildman–Crippen MR) is 80.7 cm³/mol. The molecule has 0 aliphatic rings. The molecule has 21 heavy (non-hydrogen) atoms. The van der Waals surface area contributed by atoms with Crippen molar-refractivity contribution in [3.63, 3.8) is 0 Å². The standard InChI is InChI=1S/C15H22N2O4/c1-4-12(5-2)17(3)15(20)16-11-7-6-8-13(9-11)21-10-14(18)19/h6-9,12H,4-5,10H2,1-3H3,(H,16,20)(H,18,19). The van der Waals surface area contributed by atoms with Crippen LogP contribution in [0.25, 0.3) is 0 Å². The highest BCUT2D eigenvalue weighted by molar-refractivity contribution is 5.89. The molecular weight excluding hydrogens is 272 g/mol. The maximum absolute atomic E-state index is 12.1. The van der Waals surface area contributed by atoms with Gasteiger partial charge in [-0.15, -0.1) is 0 Å². The molecule has 0 bridgehead atoms. The van der Waals surface area contributed by atoms with E-state index in [2.05, 4.69) is 5.32 Å². The van der Waals surface area contributed by atoms with E-state index in [-0.39, 0.29) is 12.1 Å².